The van der Waals surface area contributed by atoms with Crippen LogP contribution in [0, 0.1) is 25.2 Å². The van der Waals surface area contributed by atoms with Crippen LogP contribution in [0.4, 0.5) is 17.3 Å². The van der Waals surface area contributed by atoms with Gasteiger partial charge in [0.2, 0.25) is 0 Å². The number of aryl methyl sites for hydroxylation is 1. The second-order valence-electron chi connectivity index (χ2n) is 4.46. The number of hydrogen-bond acceptors (Lipinski definition) is 6. The molecule has 2 N–H and O–H groups in total. The summed E-state index contributed by atoms with van der Waals surface area (Å²) in [5, 5.41) is 15.5. The summed E-state index contributed by atoms with van der Waals surface area (Å²) in [7, 11) is 3.38. The first kappa shape index (κ1) is 14.6. The fourth-order valence-corrected chi connectivity index (χ4v) is 2.04. The van der Waals surface area contributed by atoms with E-state index in [1.807, 2.05) is 20.9 Å². The van der Waals surface area contributed by atoms with Gasteiger partial charge in [-0.2, -0.15) is 5.26 Å². The molecule has 6 heteroatoms. The van der Waals surface area contributed by atoms with E-state index >= 15 is 0 Å². The van der Waals surface area contributed by atoms with Gasteiger partial charge in [0.25, 0.3) is 0 Å². The molecule has 1 aromatic heterocycles. The number of para-hydroxylation sites is 1. The summed E-state index contributed by atoms with van der Waals surface area (Å²) in [5.74, 6) is 2.63. The Kier molecular flexibility index (Phi) is 4.24. The number of nitrogens with zero attached hydrogens (tertiary/aromatic N) is 3. The fraction of sp³-hybridized carbons (Fsp3) is 0.267. The molecule has 2 aromatic rings. The molecule has 0 bridgehead atoms. The van der Waals surface area contributed by atoms with Gasteiger partial charge in [-0.3, -0.25) is 0 Å². The van der Waals surface area contributed by atoms with Crippen molar-refractivity contribution in [2.24, 2.45) is 0 Å². The number of rotatable bonds is 4. The molecule has 0 aliphatic rings. The van der Waals surface area contributed by atoms with E-state index in [1.165, 1.54) is 0 Å². The standard InChI is InChI=1S/C15H17N5O/c1-9-14(17-3)18-10(2)19-15(9)20-13-11(8-16)6-5-7-12(13)21-4/h5-7H,1-4H3,(H2,17,18,19,20). The van der Waals surface area contributed by atoms with Crippen molar-refractivity contribution in [3.63, 3.8) is 0 Å². The van der Waals surface area contributed by atoms with E-state index < -0.39 is 0 Å². The Morgan fingerprint density at radius 2 is 1.90 bits per heavy atom. The van der Waals surface area contributed by atoms with Crippen molar-refractivity contribution >= 4 is 17.3 Å². The Balaban J connectivity index is 2.53. The second-order valence-corrected chi connectivity index (χ2v) is 4.46. The van der Waals surface area contributed by atoms with Crippen LogP contribution >= 0.6 is 0 Å². The number of anilines is 3. The number of nitrogens with one attached hydrogen (secondary N) is 2. The zero-order valence-corrected chi connectivity index (χ0v) is 12.5. The normalized spacial score (nSPS) is 9.86. The van der Waals surface area contributed by atoms with Crippen LogP contribution < -0.4 is 15.4 Å². The summed E-state index contributed by atoms with van der Waals surface area (Å²) >= 11 is 0. The predicted octanol–water partition coefficient (Wildman–Crippen LogP) is 2.76. The number of aromatic nitrogens is 2. The monoisotopic (exact) mass is 283 g/mol. The molecule has 0 saturated carbocycles. The number of ether oxygens (including phenoxy) is 1. The molecule has 0 atom stereocenters. The SMILES string of the molecule is CNc1nc(C)nc(Nc2c(C#N)cccc2OC)c1C. The highest BCUT2D eigenvalue weighted by Crippen LogP contribution is 2.32. The van der Waals surface area contributed by atoms with Gasteiger partial charge in [0.1, 0.15) is 35.0 Å². The van der Waals surface area contributed by atoms with Crippen LogP contribution in [0.15, 0.2) is 18.2 Å². The summed E-state index contributed by atoms with van der Waals surface area (Å²) in [6.45, 7) is 3.73. The molecule has 2 rings (SSSR count). The summed E-state index contributed by atoms with van der Waals surface area (Å²) < 4.78 is 5.31. The first-order valence-electron chi connectivity index (χ1n) is 6.47. The highest BCUT2D eigenvalue weighted by molar-refractivity contribution is 5.74. The minimum absolute atomic E-state index is 0.496. The molecule has 21 heavy (non-hydrogen) atoms. The Bertz CT molecular complexity index is 706. The lowest BCUT2D eigenvalue weighted by molar-refractivity contribution is 0.416. The van der Waals surface area contributed by atoms with E-state index in [4.69, 9.17) is 4.74 Å². The molecular formula is C15H17N5O. The highest BCUT2D eigenvalue weighted by atomic mass is 16.5. The van der Waals surface area contributed by atoms with Crippen LogP contribution in [0.5, 0.6) is 5.75 Å². The molecule has 0 unspecified atom stereocenters. The molecule has 0 amide bonds. The van der Waals surface area contributed by atoms with Crippen LogP contribution in [-0.4, -0.2) is 24.1 Å². The molecule has 1 aromatic carbocycles. The average molecular weight is 283 g/mol. The van der Waals surface area contributed by atoms with Crippen molar-refractivity contribution in [1.29, 1.82) is 5.26 Å². The van der Waals surface area contributed by atoms with Gasteiger partial charge in [-0.25, -0.2) is 9.97 Å². The number of nitriles is 1. The zero-order chi connectivity index (χ0) is 15.4. The summed E-state index contributed by atoms with van der Waals surface area (Å²) in [4.78, 5) is 8.72. The van der Waals surface area contributed by atoms with Crippen molar-refractivity contribution in [1.82, 2.24) is 9.97 Å². The van der Waals surface area contributed by atoms with Gasteiger partial charge in [0.05, 0.1) is 12.7 Å². The van der Waals surface area contributed by atoms with Crippen LogP contribution in [0.25, 0.3) is 0 Å². The van der Waals surface area contributed by atoms with Crippen molar-refractivity contribution in [3.8, 4) is 11.8 Å². The van der Waals surface area contributed by atoms with Gasteiger partial charge < -0.3 is 15.4 Å². The smallest absolute Gasteiger partial charge is 0.143 e. The molecule has 0 aliphatic carbocycles. The Hall–Kier alpha value is -2.81. The van der Waals surface area contributed by atoms with Crippen molar-refractivity contribution in [2.45, 2.75) is 13.8 Å². The lowest BCUT2D eigenvalue weighted by Gasteiger charge is -2.15. The van der Waals surface area contributed by atoms with Gasteiger partial charge in [-0.15, -0.1) is 0 Å². The summed E-state index contributed by atoms with van der Waals surface area (Å²) in [5.41, 5.74) is 1.97. The van der Waals surface area contributed by atoms with E-state index in [-0.39, 0.29) is 0 Å². The maximum absolute atomic E-state index is 9.25. The van der Waals surface area contributed by atoms with Gasteiger partial charge in [0.15, 0.2) is 0 Å². The molecule has 0 radical (unpaired) electrons. The molecule has 1 heterocycles. The Labute approximate surface area is 123 Å². The van der Waals surface area contributed by atoms with Gasteiger partial charge in [-0.05, 0) is 26.0 Å². The second kappa shape index (κ2) is 6.09. The number of methoxy groups -OCH3 is 1. The molecule has 0 saturated heterocycles. The van der Waals surface area contributed by atoms with Crippen LogP contribution in [0.2, 0.25) is 0 Å². The van der Waals surface area contributed by atoms with E-state index in [1.54, 1.807) is 25.3 Å². The third-order valence-corrected chi connectivity index (χ3v) is 3.10. The van der Waals surface area contributed by atoms with Crippen molar-refractivity contribution in [2.75, 3.05) is 24.8 Å². The van der Waals surface area contributed by atoms with E-state index in [2.05, 4.69) is 26.7 Å². The lowest BCUT2D eigenvalue weighted by atomic mass is 10.1. The lowest BCUT2D eigenvalue weighted by Crippen LogP contribution is -2.06. The fourth-order valence-electron chi connectivity index (χ4n) is 2.04. The quantitative estimate of drug-likeness (QED) is 0.897. The van der Waals surface area contributed by atoms with Crippen LogP contribution in [0.1, 0.15) is 17.0 Å². The first-order valence-corrected chi connectivity index (χ1v) is 6.47. The third kappa shape index (κ3) is 2.87. The third-order valence-electron chi connectivity index (χ3n) is 3.10. The van der Waals surface area contributed by atoms with Crippen molar-refractivity contribution in [3.05, 3.63) is 35.2 Å². The van der Waals surface area contributed by atoms with Crippen LogP contribution in [-0.2, 0) is 0 Å². The maximum Gasteiger partial charge on any atom is 0.143 e. The van der Waals surface area contributed by atoms with Gasteiger partial charge >= 0.3 is 0 Å². The molecule has 0 aliphatic heterocycles. The van der Waals surface area contributed by atoms with E-state index in [9.17, 15) is 5.26 Å². The maximum atomic E-state index is 9.25. The molecule has 0 spiro atoms. The zero-order valence-electron chi connectivity index (χ0n) is 12.5. The van der Waals surface area contributed by atoms with Gasteiger partial charge in [0, 0.05) is 12.6 Å². The highest BCUT2D eigenvalue weighted by Gasteiger charge is 2.13. The topological polar surface area (TPSA) is 82.9 Å². The minimum Gasteiger partial charge on any atom is -0.495 e. The van der Waals surface area contributed by atoms with Crippen molar-refractivity contribution < 1.29 is 4.74 Å². The number of hydrogen-bond donors (Lipinski definition) is 2. The van der Waals surface area contributed by atoms with E-state index in [0.29, 0.717) is 28.6 Å². The molecule has 6 nitrogen and oxygen atoms in total. The van der Waals surface area contributed by atoms with Crippen LogP contribution in [0.3, 0.4) is 0 Å². The first-order chi connectivity index (χ1) is 10.1. The molecular weight excluding hydrogens is 266 g/mol. The van der Waals surface area contributed by atoms with E-state index in [0.717, 1.165) is 11.4 Å². The number of benzene rings is 1. The predicted molar refractivity (Wildman–Crippen MR) is 82.0 cm³/mol. The molecule has 108 valence electrons. The van der Waals surface area contributed by atoms with Gasteiger partial charge in [-0.1, -0.05) is 6.07 Å². The summed E-state index contributed by atoms with van der Waals surface area (Å²) in [6.07, 6.45) is 0. The molecule has 0 fully saturated rings. The Morgan fingerprint density at radius 1 is 1.19 bits per heavy atom. The Morgan fingerprint density at radius 3 is 2.52 bits per heavy atom. The average Bonchev–Trinajstić information content (AvgIpc) is 2.50. The minimum atomic E-state index is 0.496. The largest absolute Gasteiger partial charge is 0.495 e. The summed E-state index contributed by atoms with van der Waals surface area (Å²) in [6, 6.07) is 7.46.